The molecular formula is C21H20N2O3. The molecule has 5 heteroatoms. The minimum absolute atomic E-state index is 0.232. The molecule has 26 heavy (non-hydrogen) atoms. The van der Waals surface area contributed by atoms with E-state index < -0.39 is 0 Å². The number of pyridine rings is 1. The number of nitrogens with one attached hydrogen (secondary N) is 2. The summed E-state index contributed by atoms with van der Waals surface area (Å²) < 4.78 is 5.97. The standard InChI is InChI=1S/C21H20N2O3/c24-20-18-11-4-1-6-14(18)12-19(23-20)21(25)22-15-7-5-10-17(13-15)26-16-8-2-3-9-16/h1,4-7,10-13,16H,2-3,8-9H2,(H,22,25)(H,23,24). The normalized spacial score (nSPS) is 14.5. The van der Waals surface area contributed by atoms with Crippen molar-refractivity contribution in [3.8, 4) is 5.75 Å². The van der Waals surface area contributed by atoms with Gasteiger partial charge in [-0.05, 0) is 55.3 Å². The van der Waals surface area contributed by atoms with Crippen molar-refractivity contribution in [1.82, 2.24) is 4.98 Å². The van der Waals surface area contributed by atoms with Gasteiger partial charge in [-0.3, -0.25) is 9.59 Å². The third-order valence-electron chi connectivity index (χ3n) is 4.69. The van der Waals surface area contributed by atoms with Crippen molar-refractivity contribution < 1.29 is 9.53 Å². The Balaban J connectivity index is 1.53. The quantitative estimate of drug-likeness (QED) is 0.745. The van der Waals surface area contributed by atoms with Crippen LogP contribution in [0.15, 0.2) is 59.4 Å². The Bertz CT molecular complexity index is 1000. The van der Waals surface area contributed by atoms with Crippen molar-refractivity contribution in [3.63, 3.8) is 0 Å². The van der Waals surface area contributed by atoms with Gasteiger partial charge in [-0.2, -0.15) is 0 Å². The van der Waals surface area contributed by atoms with E-state index in [1.165, 1.54) is 12.8 Å². The number of amides is 1. The monoisotopic (exact) mass is 348 g/mol. The second-order valence-corrected chi connectivity index (χ2v) is 6.61. The fourth-order valence-electron chi connectivity index (χ4n) is 3.38. The van der Waals surface area contributed by atoms with Crippen molar-refractivity contribution in [2.45, 2.75) is 31.8 Å². The zero-order valence-corrected chi connectivity index (χ0v) is 14.3. The molecule has 1 aliphatic rings. The van der Waals surface area contributed by atoms with Gasteiger partial charge in [-0.15, -0.1) is 0 Å². The Morgan fingerprint density at radius 3 is 2.69 bits per heavy atom. The van der Waals surface area contributed by atoms with Crippen LogP contribution in [0.2, 0.25) is 0 Å². The summed E-state index contributed by atoms with van der Waals surface area (Å²) in [5.74, 6) is 0.396. The first kappa shape index (κ1) is 16.4. The molecule has 1 saturated carbocycles. The summed E-state index contributed by atoms with van der Waals surface area (Å²) in [7, 11) is 0. The van der Waals surface area contributed by atoms with Crippen molar-refractivity contribution in [2.24, 2.45) is 0 Å². The second kappa shape index (κ2) is 7.04. The summed E-state index contributed by atoms with van der Waals surface area (Å²) in [6.07, 6.45) is 4.83. The number of aromatic amines is 1. The molecule has 0 bridgehead atoms. The van der Waals surface area contributed by atoms with Crippen LogP contribution in [0.3, 0.4) is 0 Å². The van der Waals surface area contributed by atoms with Gasteiger partial charge >= 0.3 is 0 Å². The number of ether oxygens (including phenoxy) is 1. The summed E-state index contributed by atoms with van der Waals surface area (Å²) in [5, 5.41) is 4.13. The lowest BCUT2D eigenvalue weighted by atomic mass is 10.1. The van der Waals surface area contributed by atoms with Crippen LogP contribution in [0.1, 0.15) is 36.2 Å². The molecule has 2 aromatic carbocycles. The Kier molecular flexibility index (Phi) is 4.44. The summed E-state index contributed by atoms with van der Waals surface area (Å²) in [4.78, 5) is 27.3. The predicted octanol–water partition coefficient (Wildman–Crippen LogP) is 4.10. The molecular weight excluding hydrogens is 328 g/mol. The zero-order valence-electron chi connectivity index (χ0n) is 14.3. The Morgan fingerprint density at radius 2 is 1.85 bits per heavy atom. The molecule has 1 aliphatic carbocycles. The molecule has 0 radical (unpaired) electrons. The number of hydrogen-bond acceptors (Lipinski definition) is 3. The van der Waals surface area contributed by atoms with E-state index in [1.54, 1.807) is 24.3 Å². The minimum atomic E-state index is -0.356. The topological polar surface area (TPSA) is 71.2 Å². The minimum Gasteiger partial charge on any atom is -0.490 e. The predicted molar refractivity (Wildman–Crippen MR) is 102 cm³/mol. The Hall–Kier alpha value is -3.08. The number of anilines is 1. The van der Waals surface area contributed by atoms with E-state index >= 15 is 0 Å². The smallest absolute Gasteiger partial charge is 0.272 e. The molecule has 2 N–H and O–H groups in total. The number of H-pyrrole nitrogens is 1. The lowest BCUT2D eigenvalue weighted by molar-refractivity contribution is 0.102. The summed E-state index contributed by atoms with van der Waals surface area (Å²) in [6.45, 7) is 0. The first-order valence-electron chi connectivity index (χ1n) is 8.89. The highest BCUT2D eigenvalue weighted by Crippen LogP contribution is 2.26. The number of rotatable bonds is 4. The molecule has 0 unspecified atom stereocenters. The number of carbonyl (C=O) groups is 1. The molecule has 0 saturated heterocycles. The van der Waals surface area contributed by atoms with Gasteiger partial charge in [0.2, 0.25) is 0 Å². The third-order valence-corrected chi connectivity index (χ3v) is 4.69. The van der Waals surface area contributed by atoms with Gasteiger partial charge in [0.05, 0.1) is 6.10 Å². The fourth-order valence-corrected chi connectivity index (χ4v) is 3.38. The van der Waals surface area contributed by atoms with Crippen LogP contribution in [-0.4, -0.2) is 17.0 Å². The summed E-state index contributed by atoms with van der Waals surface area (Å²) in [6, 6.07) is 16.2. The van der Waals surface area contributed by atoms with E-state index in [0.29, 0.717) is 11.1 Å². The van der Waals surface area contributed by atoms with E-state index in [-0.39, 0.29) is 23.3 Å². The molecule has 1 heterocycles. The average Bonchev–Trinajstić information content (AvgIpc) is 3.15. The van der Waals surface area contributed by atoms with Gasteiger partial charge < -0.3 is 15.0 Å². The van der Waals surface area contributed by atoms with Crippen molar-refractivity contribution in [2.75, 3.05) is 5.32 Å². The first-order valence-corrected chi connectivity index (χ1v) is 8.89. The van der Waals surface area contributed by atoms with Gasteiger partial charge in [-0.25, -0.2) is 0 Å². The van der Waals surface area contributed by atoms with Gasteiger partial charge in [0.15, 0.2) is 0 Å². The van der Waals surface area contributed by atoms with Crippen molar-refractivity contribution in [1.29, 1.82) is 0 Å². The molecule has 0 aliphatic heterocycles. The van der Waals surface area contributed by atoms with Crippen LogP contribution >= 0.6 is 0 Å². The molecule has 1 aromatic heterocycles. The number of benzene rings is 2. The zero-order chi connectivity index (χ0) is 17.9. The lowest BCUT2D eigenvalue weighted by Gasteiger charge is -2.14. The Morgan fingerprint density at radius 1 is 1.04 bits per heavy atom. The highest BCUT2D eigenvalue weighted by Gasteiger charge is 2.17. The number of carbonyl (C=O) groups excluding carboxylic acids is 1. The summed E-state index contributed by atoms with van der Waals surface area (Å²) >= 11 is 0. The molecule has 3 aromatic rings. The van der Waals surface area contributed by atoms with Gasteiger partial charge in [0.25, 0.3) is 11.5 Å². The van der Waals surface area contributed by atoms with E-state index in [1.807, 2.05) is 30.3 Å². The first-order chi connectivity index (χ1) is 12.7. The fraction of sp³-hybridized carbons (Fsp3) is 0.238. The molecule has 4 rings (SSSR count). The van der Waals surface area contributed by atoms with E-state index in [9.17, 15) is 9.59 Å². The van der Waals surface area contributed by atoms with Crippen LogP contribution in [-0.2, 0) is 0 Å². The maximum atomic E-state index is 12.5. The van der Waals surface area contributed by atoms with Gasteiger partial charge in [-0.1, -0.05) is 24.3 Å². The number of fused-ring (bicyclic) bond motifs is 1. The molecule has 0 atom stereocenters. The third kappa shape index (κ3) is 3.47. The lowest BCUT2D eigenvalue weighted by Crippen LogP contribution is -2.19. The Labute approximate surface area is 151 Å². The molecule has 1 amide bonds. The van der Waals surface area contributed by atoms with Crippen molar-refractivity contribution >= 4 is 22.4 Å². The van der Waals surface area contributed by atoms with Gasteiger partial charge in [0.1, 0.15) is 11.4 Å². The van der Waals surface area contributed by atoms with Gasteiger partial charge in [0, 0.05) is 17.1 Å². The van der Waals surface area contributed by atoms with Crippen LogP contribution in [0.25, 0.3) is 10.8 Å². The number of aromatic nitrogens is 1. The number of hydrogen-bond donors (Lipinski definition) is 2. The summed E-state index contributed by atoms with van der Waals surface area (Å²) in [5.41, 5.74) is 0.599. The van der Waals surface area contributed by atoms with Crippen LogP contribution in [0.4, 0.5) is 5.69 Å². The molecule has 5 nitrogen and oxygen atoms in total. The largest absolute Gasteiger partial charge is 0.490 e. The maximum absolute atomic E-state index is 12.5. The average molecular weight is 348 g/mol. The SMILES string of the molecule is O=C(Nc1cccc(OC2CCCC2)c1)c1cc2ccccc2c(=O)[nH]1. The van der Waals surface area contributed by atoms with E-state index in [4.69, 9.17) is 4.74 Å². The second-order valence-electron chi connectivity index (χ2n) is 6.61. The van der Waals surface area contributed by atoms with Crippen LogP contribution < -0.4 is 15.6 Å². The molecule has 132 valence electrons. The van der Waals surface area contributed by atoms with Crippen LogP contribution in [0.5, 0.6) is 5.75 Å². The van der Waals surface area contributed by atoms with E-state index in [0.717, 1.165) is 24.0 Å². The highest BCUT2D eigenvalue weighted by molar-refractivity contribution is 6.04. The molecule has 0 spiro atoms. The van der Waals surface area contributed by atoms with E-state index in [2.05, 4.69) is 10.3 Å². The van der Waals surface area contributed by atoms with Crippen LogP contribution in [0, 0.1) is 0 Å². The molecule has 1 fully saturated rings. The maximum Gasteiger partial charge on any atom is 0.272 e. The highest BCUT2D eigenvalue weighted by atomic mass is 16.5. The van der Waals surface area contributed by atoms with Crippen molar-refractivity contribution in [3.05, 3.63) is 70.6 Å².